The summed E-state index contributed by atoms with van der Waals surface area (Å²) in [4.78, 5) is -0.0261. The van der Waals surface area contributed by atoms with E-state index in [1.807, 2.05) is 6.08 Å². The van der Waals surface area contributed by atoms with E-state index < -0.39 is 15.8 Å². The van der Waals surface area contributed by atoms with Gasteiger partial charge in [0.2, 0.25) is 10.0 Å². The van der Waals surface area contributed by atoms with Crippen LogP contribution in [0.4, 0.5) is 4.39 Å². The molecule has 1 aromatic rings. The number of benzene rings is 1. The van der Waals surface area contributed by atoms with Gasteiger partial charge in [0.1, 0.15) is 5.82 Å². The normalized spacial score (nSPS) is 17.1. The Balaban J connectivity index is 2.21. The van der Waals surface area contributed by atoms with Crippen LogP contribution in [-0.4, -0.2) is 39.5 Å². The first kappa shape index (κ1) is 15.6. The lowest BCUT2D eigenvalue weighted by Gasteiger charge is -2.25. The second-order valence-corrected chi connectivity index (χ2v) is 7.28. The summed E-state index contributed by atoms with van der Waals surface area (Å²) >= 11 is 3.01. The minimum Gasteiger partial charge on any atom is -0.380 e. The number of hydrogen-bond donors (Lipinski definition) is 0. The van der Waals surface area contributed by atoms with Crippen molar-refractivity contribution in [2.75, 3.05) is 26.8 Å². The SMILES string of the molecule is COCC1=CCN(S(=O)(=O)c2ccc(Br)c(F)c2)CC1. The highest BCUT2D eigenvalue weighted by Gasteiger charge is 2.26. The highest BCUT2D eigenvalue weighted by molar-refractivity contribution is 9.10. The number of sulfonamides is 1. The summed E-state index contributed by atoms with van der Waals surface area (Å²) in [5, 5.41) is 0. The predicted molar refractivity (Wildman–Crippen MR) is 77.4 cm³/mol. The van der Waals surface area contributed by atoms with Crippen molar-refractivity contribution in [3.63, 3.8) is 0 Å². The average Bonchev–Trinajstić information content (AvgIpc) is 2.43. The smallest absolute Gasteiger partial charge is 0.243 e. The van der Waals surface area contributed by atoms with Crippen molar-refractivity contribution in [2.45, 2.75) is 11.3 Å². The van der Waals surface area contributed by atoms with Gasteiger partial charge in [-0.3, -0.25) is 0 Å². The lowest BCUT2D eigenvalue weighted by Crippen LogP contribution is -2.35. The van der Waals surface area contributed by atoms with E-state index in [0.717, 1.165) is 11.6 Å². The third-order valence-corrected chi connectivity index (χ3v) is 5.63. The topological polar surface area (TPSA) is 46.6 Å². The zero-order valence-electron chi connectivity index (χ0n) is 11.0. The first-order chi connectivity index (χ1) is 9.45. The molecule has 0 N–H and O–H groups in total. The Labute approximate surface area is 126 Å². The van der Waals surface area contributed by atoms with E-state index in [-0.39, 0.29) is 9.37 Å². The van der Waals surface area contributed by atoms with E-state index in [2.05, 4.69) is 15.9 Å². The van der Waals surface area contributed by atoms with Crippen LogP contribution in [0.25, 0.3) is 0 Å². The summed E-state index contributed by atoms with van der Waals surface area (Å²) in [6.45, 7) is 1.19. The molecule has 0 spiro atoms. The van der Waals surface area contributed by atoms with E-state index >= 15 is 0 Å². The molecule has 7 heteroatoms. The van der Waals surface area contributed by atoms with Crippen LogP contribution < -0.4 is 0 Å². The molecule has 0 aliphatic carbocycles. The van der Waals surface area contributed by atoms with E-state index in [0.29, 0.717) is 26.1 Å². The van der Waals surface area contributed by atoms with Crippen LogP contribution in [0, 0.1) is 5.82 Å². The summed E-state index contributed by atoms with van der Waals surface area (Å²) in [5.74, 6) is -0.585. The molecule has 0 saturated heterocycles. The zero-order valence-corrected chi connectivity index (χ0v) is 13.4. The van der Waals surface area contributed by atoms with Crippen LogP contribution in [0.5, 0.6) is 0 Å². The molecule has 1 heterocycles. The standard InChI is InChI=1S/C13H15BrFNO3S/c1-19-9-10-4-6-16(7-5-10)20(17,18)11-2-3-12(14)13(15)8-11/h2-4,8H,5-7,9H2,1H3. The van der Waals surface area contributed by atoms with Gasteiger partial charge in [-0.25, -0.2) is 12.8 Å². The molecule has 20 heavy (non-hydrogen) atoms. The van der Waals surface area contributed by atoms with Crippen molar-refractivity contribution in [2.24, 2.45) is 0 Å². The van der Waals surface area contributed by atoms with E-state index in [9.17, 15) is 12.8 Å². The maximum Gasteiger partial charge on any atom is 0.243 e. The number of methoxy groups -OCH3 is 1. The zero-order chi connectivity index (χ0) is 14.8. The Morgan fingerprint density at radius 1 is 1.45 bits per heavy atom. The van der Waals surface area contributed by atoms with Crippen LogP contribution in [0.3, 0.4) is 0 Å². The Morgan fingerprint density at radius 2 is 2.20 bits per heavy atom. The lowest BCUT2D eigenvalue weighted by atomic mass is 10.1. The molecule has 2 rings (SSSR count). The van der Waals surface area contributed by atoms with E-state index in [1.54, 1.807) is 7.11 Å². The van der Waals surface area contributed by atoms with Crippen LogP contribution >= 0.6 is 15.9 Å². The fourth-order valence-corrected chi connectivity index (χ4v) is 3.65. The summed E-state index contributed by atoms with van der Waals surface area (Å²) in [5.41, 5.74) is 1.08. The van der Waals surface area contributed by atoms with E-state index in [1.165, 1.54) is 16.4 Å². The fourth-order valence-electron chi connectivity index (χ4n) is 2.01. The molecule has 0 amide bonds. The largest absolute Gasteiger partial charge is 0.380 e. The number of hydrogen-bond acceptors (Lipinski definition) is 3. The molecule has 0 saturated carbocycles. The monoisotopic (exact) mass is 363 g/mol. The molecule has 0 aromatic heterocycles. The third kappa shape index (κ3) is 3.28. The highest BCUT2D eigenvalue weighted by Crippen LogP contribution is 2.24. The summed E-state index contributed by atoms with van der Waals surface area (Å²) < 4.78 is 44.9. The molecule has 1 aliphatic heterocycles. The predicted octanol–water partition coefficient (Wildman–Crippen LogP) is 2.56. The Kier molecular flexibility index (Phi) is 4.95. The summed E-state index contributed by atoms with van der Waals surface area (Å²) in [6.07, 6.45) is 2.48. The Morgan fingerprint density at radius 3 is 2.75 bits per heavy atom. The van der Waals surface area contributed by atoms with Gasteiger partial charge >= 0.3 is 0 Å². The van der Waals surface area contributed by atoms with Gasteiger partial charge in [-0.1, -0.05) is 6.08 Å². The van der Waals surface area contributed by atoms with Gasteiger partial charge < -0.3 is 4.74 Å². The fraction of sp³-hybridized carbons (Fsp3) is 0.385. The molecule has 110 valence electrons. The van der Waals surface area contributed by atoms with Crippen molar-refractivity contribution in [3.8, 4) is 0 Å². The Hall–Kier alpha value is -0.760. The van der Waals surface area contributed by atoms with Crippen molar-refractivity contribution < 1.29 is 17.5 Å². The number of rotatable bonds is 4. The molecule has 0 fully saturated rings. The van der Waals surface area contributed by atoms with Gasteiger partial charge in [0.05, 0.1) is 16.0 Å². The molecular weight excluding hydrogens is 349 g/mol. The number of nitrogens with zero attached hydrogens (tertiary/aromatic N) is 1. The maximum atomic E-state index is 13.5. The van der Waals surface area contributed by atoms with Crippen molar-refractivity contribution in [1.82, 2.24) is 4.31 Å². The van der Waals surface area contributed by atoms with Crippen molar-refractivity contribution in [1.29, 1.82) is 0 Å². The first-order valence-electron chi connectivity index (χ1n) is 6.07. The first-order valence-corrected chi connectivity index (χ1v) is 8.30. The molecule has 0 atom stereocenters. The van der Waals surface area contributed by atoms with Crippen LogP contribution in [0.15, 0.2) is 39.2 Å². The summed E-state index contributed by atoms with van der Waals surface area (Å²) in [7, 11) is -2.05. The quantitative estimate of drug-likeness (QED) is 0.772. The molecule has 4 nitrogen and oxygen atoms in total. The number of ether oxygens (including phenoxy) is 1. The minimum atomic E-state index is -3.65. The van der Waals surface area contributed by atoms with Gasteiger partial charge in [-0.15, -0.1) is 0 Å². The summed E-state index contributed by atoms with van der Waals surface area (Å²) in [6, 6.07) is 3.84. The molecule has 0 unspecified atom stereocenters. The Bertz CT molecular complexity index is 631. The van der Waals surface area contributed by atoms with Crippen LogP contribution in [0.2, 0.25) is 0 Å². The van der Waals surface area contributed by atoms with E-state index in [4.69, 9.17) is 4.74 Å². The van der Waals surface area contributed by atoms with Crippen LogP contribution in [0.1, 0.15) is 6.42 Å². The highest BCUT2D eigenvalue weighted by atomic mass is 79.9. The average molecular weight is 364 g/mol. The second-order valence-electron chi connectivity index (χ2n) is 4.48. The molecular formula is C13H15BrFNO3S. The van der Waals surface area contributed by atoms with Crippen molar-refractivity contribution in [3.05, 3.63) is 40.1 Å². The van der Waals surface area contributed by atoms with Gasteiger partial charge in [-0.2, -0.15) is 4.31 Å². The third-order valence-electron chi connectivity index (χ3n) is 3.12. The van der Waals surface area contributed by atoms with Gasteiger partial charge in [-0.05, 0) is 46.1 Å². The number of halogens is 2. The van der Waals surface area contributed by atoms with Crippen molar-refractivity contribution >= 4 is 26.0 Å². The van der Waals surface area contributed by atoms with Gasteiger partial charge in [0.15, 0.2) is 0 Å². The second kappa shape index (κ2) is 6.34. The molecule has 0 radical (unpaired) electrons. The lowest BCUT2D eigenvalue weighted by molar-refractivity contribution is 0.219. The minimum absolute atomic E-state index is 0.0261. The molecule has 0 bridgehead atoms. The maximum absolute atomic E-state index is 13.5. The molecule has 1 aromatic carbocycles. The molecule has 1 aliphatic rings. The van der Waals surface area contributed by atoms with Gasteiger partial charge in [0, 0.05) is 20.2 Å². The van der Waals surface area contributed by atoms with Gasteiger partial charge in [0.25, 0.3) is 0 Å². The van der Waals surface area contributed by atoms with Crippen LogP contribution in [-0.2, 0) is 14.8 Å².